The van der Waals surface area contributed by atoms with Crippen LogP contribution in [0.3, 0.4) is 0 Å². The molecule has 1 aliphatic rings. The Bertz CT molecular complexity index is 1480. The molecule has 3 aromatic carbocycles. The molecule has 1 amide bonds. The van der Waals surface area contributed by atoms with E-state index in [-0.39, 0.29) is 11.3 Å². The van der Waals surface area contributed by atoms with Crippen molar-refractivity contribution in [3.8, 4) is 11.5 Å². The van der Waals surface area contributed by atoms with Crippen LogP contribution in [0.15, 0.2) is 84.6 Å². The van der Waals surface area contributed by atoms with Gasteiger partial charge >= 0.3 is 0 Å². The molecule has 0 aliphatic carbocycles. The number of amides is 1. The van der Waals surface area contributed by atoms with E-state index in [1.54, 1.807) is 55.6 Å². The van der Waals surface area contributed by atoms with Gasteiger partial charge in [0.25, 0.3) is 11.7 Å². The Balaban J connectivity index is 1.78. The molecule has 1 atom stereocenters. The van der Waals surface area contributed by atoms with E-state index in [1.165, 1.54) is 12.0 Å². The van der Waals surface area contributed by atoms with Gasteiger partial charge < -0.3 is 19.1 Å². The molecule has 4 aromatic rings. The molecule has 7 nitrogen and oxygen atoms in total. The number of ketones is 1. The van der Waals surface area contributed by atoms with Crippen LogP contribution in [0.2, 0.25) is 0 Å². The summed E-state index contributed by atoms with van der Waals surface area (Å²) in [6.07, 6.45) is 1.90. The molecule has 1 fully saturated rings. The second-order valence-corrected chi connectivity index (χ2v) is 8.31. The number of carbonyl (C=O) groups is 2. The molecule has 1 aliphatic heterocycles. The van der Waals surface area contributed by atoms with Gasteiger partial charge in [0.2, 0.25) is 0 Å². The Hall–Kier alpha value is -4.52. The number of benzene rings is 3. The summed E-state index contributed by atoms with van der Waals surface area (Å²) >= 11 is 0. The summed E-state index contributed by atoms with van der Waals surface area (Å²) in [7, 11) is 5.00. The van der Waals surface area contributed by atoms with Crippen LogP contribution in [0.4, 0.5) is 5.69 Å². The Labute approximate surface area is 202 Å². The first-order chi connectivity index (χ1) is 16.9. The number of anilines is 1. The summed E-state index contributed by atoms with van der Waals surface area (Å²) in [5.41, 5.74) is 2.63. The third-order valence-corrected chi connectivity index (χ3v) is 6.36. The summed E-state index contributed by atoms with van der Waals surface area (Å²) in [4.78, 5) is 28.3. The smallest absolute Gasteiger partial charge is 0.300 e. The fraction of sp³-hybridized carbons (Fsp3) is 0.143. The van der Waals surface area contributed by atoms with Gasteiger partial charge in [0, 0.05) is 41.0 Å². The number of Topliss-reactive ketones (excluding diaryl/α,β-unsaturated/α-hetero) is 1. The first-order valence-electron chi connectivity index (χ1n) is 11.1. The number of hydrogen-bond donors (Lipinski definition) is 1. The first-order valence-corrected chi connectivity index (χ1v) is 11.1. The number of aromatic nitrogens is 1. The van der Waals surface area contributed by atoms with E-state index in [9.17, 15) is 14.7 Å². The maximum Gasteiger partial charge on any atom is 0.300 e. The van der Waals surface area contributed by atoms with Crippen LogP contribution in [0.1, 0.15) is 17.2 Å². The minimum absolute atomic E-state index is 0.0235. The Morgan fingerprint density at radius 2 is 1.60 bits per heavy atom. The first kappa shape index (κ1) is 22.3. The Kier molecular flexibility index (Phi) is 5.53. The maximum absolute atomic E-state index is 13.4. The molecule has 1 aromatic heterocycles. The highest BCUT2D eigenvalue weighted by Crippen LogP contribution is 2.45. The number of ether oxygens (including phenoxy) is 2. The van der Waals surface area contributed by atoms with E-state index in [4.69, 9.17) is 9.47 Å². The van der Waals surface area contributed by atoms with Crippen LogP contribution in [-0.4, -0.2) is 35.6 Å². The highest BCUT2D eigenvalue weighted by atomic mass is 16.5. The topological polar surface area (TPSA) is 81.0 Å². The molecule has 1 N–H and O–H groups in total. The molecule has 5 rings (SSSR count). The zero-order valence-corrected chi connectivity index (χ0v) is 19.6. The molecule has 35 heavy (non-hydrogen) atoms. The van der Waals surface area contributed by atoms with Crippen LogP contribution in [0, 0.1) is 0 Å². The lowest BCUT2D eigenvalue weighted by Gasteiger charge is -2.25. The SMILES string of the molecule is COc1ccc(N2C(=O)C(=O)/C(=C(/O)c3cccc(OC)c3)C2c2cn(C)c3ccccc23)cc1. The average Bonchev–Trinajstić information content (AvgIpc) is 3.37. The molecule has 0 radical (unpaired) electrons. The standard InChI is InChI=1S/C28H24N2O5/c1-29-16-22(21-9-4-5-10-23(21)29)25-24(26(31)17-7-6-8-20(15-17)35-3)27(32)28(33)30(25)18-11-13-19(34-2)14-12-18/h4-16,25,31H,1-3H3/b26-24+. The molecule has 0 bridgehead atoms. The lowest BCUT2D eigenvalue weighted by Crippen LogP contribution is -2.29. The van der Waals surface area contributed by atoms with Crippen molar-refractivity contribution in [2.75, 3.05) is 19.1 Å². The molecule has 0 saturated carbocycles. The molecule has 176 valence electrons. The van der Waals surface area contributed by atoms with Crippen LogP contribution in [-0.2, 0) is 16.6 Å². The number of fused-ring (bicyclic) bond motifs is 1. The van der Waals surface area contributed by atoms with Crippen molar-refractivity contribution in [2.24, 2.45) is 7.05 Å². The quantitative estimate of drug-likeness (QED) is 0.258. The van der Waals surface area contributed by atoms with Gasteiger partial charge in [-0.25, -0.2) is 0 Å². The third-order valence-electron chi connectivity index (χ3n) is 6.36. The predicted octanol–water partition coefficient (Wildman–Crippen LogP) is 4.82. The van der Waals surface area contributed by atoms with Gasteiger partial charge in [-0.15, -0.1) is 0 Å². The van der Waals surface area contributed by atoms with E-state index >= 15 is 0 Å². The molecular weight excluding hydrogens is 444 g/mol. The summed E-state index contributed by atoms with van der Waals surface area (Å²) < 4.78 is 12.5. The number of methoxy groups -OCH3 is 2. The number of rotatable bonds is 5. The van der Waals surface area contributed by atoms with Crippen molar-refractivity contribution in [3.05, 3.63) is 95.7 Å². The largest absolute Gasteiger partial charge is 0.507 e. The van der Waals surface area contributed by atoms with E-state index in [0.29, 0.717) is 22.7 Å². The Morgan fingerprint density at radius 3 is 2.31 bits per heavy atom. The lowest BCUT2D eigenvalue weighted by molar-refractivity contribution is -0.132. The third kappa shape index (κ3) is 3.61. The van der Waals surface area contributed by atoms with Gasteiger partial charge in [-0.05, 0) is 42.5 Å². The van der Waals surface area contributed by atoms with Crippen molar-refractivity contribution in [1.82, 2.24) is 4.57 Å². The fourth-order valence-corrected chi connectivity index (χ4v) is 4.65. The predicted molar refractivity (Wildman–Crippen MR) is 134 cm³/mol. The van der Waals surface area contributed by atoms with Gasteiger partial charge in [-0.2, -0.15) is 0 Å². The minimum atomic E-state index is -0.833. The van der Waals surface area contributed by atoms with E-state index < -0.39 is 17.7 Å². The number of nitrogens with zero attached hydrogens (tertiary/aromatic N) is 2. The van der Waals surface area contributed by atoms with Gasteiger partial charge in [-0.1, -0.05) is 30.3 Å². The van der Waals surface area contributed by atoms with Gasteiger partial charge in [0.1, 0.15) is 17.3 Å². The van der Waals surface area contributed by atoms with Gasteiger partial charge in [0.15, 0.2) is 0 Å². The number of aryl methyl sites for hydroxylation is 1. The van der Waals surface area contributed by atoms with Crippen molar-refractivity contribution in [2.45, 2.75) is 6.04 Å². The van der Waals surface area contributed by atoms with E-state index in [1.807, 2.05) is 42.1 Å². The summed E-state index contributed by atoms with van der Waals surface area (Å²) in [5, 5.41) is 12.3. The number of hydrogen-bond acceptors (Lipinski definition) is 5. The second-order valence-electron chi connectivity index (χ2n) is 8.31. The minimum Gasteiger partial charge on any atom is -0.507 e. The molecular formula is C28H24N2O5. The summed E-state index contributed by atoms with van der Waals surface area (Å²) in [6.45, 7) is 0. The maximum atomic E-state index is 13.4. The number of para-hydroxylation sites is 1. The molecule has 7 heteroatoms. The van der Waals surface area contributed by atoms with Crippen molar-refractivity contribution >= 4 is 34.0 Å². The van der Waals surface area contributed by atoms with E-state index in [0.717, 1.165) is 16.5 Å². The zero-order chi connectivity index (χ0) is 24.7. The van der Waals surface area contributed by atoms with Crippen LogP contribution >= 0.6 is 0 Å². The molecule has 1 saturated heterocycles. The average molecular weight is 469 g/mol. The molecule has 0 spiro atoms. The van der Waals surface area contributed by atoms with Crippen LogP contribution < -0.4 is 14.4 Å². The zero-order valence-electron chi connectivity index (χ0n) is 19.6. The van der Waals surface area contributed by atoms with Gasteiger partial charge in [-0.3, -0.25) is 14.5 Å². The highest BCUT2D eigenvalue weighted by Gasteiger charge is 2.47. The Morgan fingerprint density at radius 1 is 0.886 bits per heavy atom. The van der Waals surface area contributed by atoms with Crippen LogP contribution in [0.5, 0.6) is 11.5 Å². The highest BCUT2D eigenvalue weighted by molar-refractivity contribution is 6.51. The molecule has 1 unspecified atom stereocenters. The monoisotopic (exact) mass is 468 g/mol. The number of carbonyl (C=O) groups excluding carboxylic acids is 2. The van der Waals surface area contributed by atoms with Gasteiger partial charge in [0.05, 0.1) is 25.8 Å². The fourth-order valence-electron chi connectivity index (χ4n) is 4.65. The van der Waals surface area contributed by atoms with Crippen molar-refractivity contribution < 1.29 is 24.2 Å². The number of aliphatic hydroxyl groups is 1. The van der Waals surface area contributed by atoms with Crippen molar-refractivity contribution in [3.63, 3.8) is 0 Å². The lowest BCUT2D eigenvalue weighted by atomic mass is 9.94. The normalized spacial score (nSPS) is 17.2. The molecule has 2 heterocycles. The second kappa shape index (κ2) is 8.68. The summed E-state index contributed by atoms with van der Waals surface area (Å²) in [5.74, 6) is -0.559. The van der Waals surface area contributed by atoms with Crippen LogP contribution in [0.25, 0.3) is 16.7 Å². The van der Waals surface area contributed by atoms with E-state index in [2.05, 4.69) is 0 Å². The summed E-state index contributed by atoms with van der Waals surface area (Å²) in [6, 6.07) is 20.6. The van der Waals surface area contributed by atoms with Crippen molar-refractivity contribution in [1.29, 1.82) is 0 Å². The number of aliphatic hydroxyl groups excluding tert-OH is 1.